The molecule has 0 spiro atoms. The first-order chi connectivity index (χ1) is 9.52. The number of ketones is 2. The zero-order valence-corrected chi connectivity index (χ0v) is 10.5. The lowest BCUT2D eigenvalue weighted by molar-refractivity contribution is 0.0918. The molecule has 0 amide bonds. The number of Topliss-reactive ketones (excluding diaryl/α,β-unsaturated/α-hetero) is 1. The van der Waals surface area contributed by atoms with Gasteiger partial charge in [-0.1, -0.05) is 6.07 Å². The number of allylic oxidation sites excluding steroid dienone is 2. The third-order valence-corrected chi connectivity index (χ3v) is 3.28. The van der Waals surface area contributed by atoms with Crippen molar-refractivity contribution in [3.8, 4) is 11.5 Å². The summed E-state index contributed by atoms with van der Waals surface area (Å²) in [5.74, 6) is -1.26. The number of ether oxygens (including phenoxy) is 1. The minimum atomic E-state index is -0.464. The van der Waals surface area contributed by atoms with Gasteiger partial charge in [-0.25, -0.2) is 0 Å². The van der Waals surface area contributed by atoms with E-state index in [0.717, 1.165) is 12.1 Å². The summed E-state index contributed by atoms with van der Waals surface area (Å²) in [6.45, 7) is 0. The van der Waals surface area contributed by atoms with E-state index in [1.54, 1.807) is 6.07 Å². The van der Waals surface area contributed by atoms with Crippen LogP contribution < -0.4 is 0 Å². The zero-order valence-electron chi connectivity index (χ0n) is 10.5. The van der Waals surface area contributed by atoms with Crippen LogP contribution in [-0.2, 0) is 4.74 Å². The van der Waals surface area contributed by atoms with Crippen molar-refractivity contribution in [2.45, 2.75) is 0 Å². The predicted molar refractivity (Wildman–Crippen MR) is 71.0 cm³/mol. The van der Waals surface area contributed by atoms with Gasteiger partial charge in [0.05, 0.1) is 7.11 Å². The van der Waals surface area contributed by atoms with Crippen LogP contribution in [0.25, 0.3) is 10.8 Å². The number of phenolic OH excluding ortho intramolecular Hbond substituents is 2. The number of carbonyl (C=O) groups excluding carboxylic acids is 2. The average molecular weight is 270 g/mol. The van der Waals surface area contributed by atoms with Crippen LogP contribution in [0.3, 0.4) is 0 Å². The van der Waals surface area contributed by atoms with Gasteiger partial charge in [-0.2, -0.15) is 0 Å². The van der Waals surface area contributed by atoms with E-state index in [9.17, 15) is 19.8 Å². The average Bonchev–Trinajstić information content (AvgIpc) is 2.41. The molecule has 2 aromatic rings. The van der Waals surface area contributed by atoms with Crippen LogP contribution >= 0.6 is 0 Å². The first kappa shape index (κ1) is 12.2. The van der Waals surface area contributed by atoms with E-state index in [1.165, 1.54) is 19.2 Å². The summed E-state index contributed by atoms with van der Waals surface area (Å²) >= 11 is 0. The summed E-state index contributed by atoms with van der Waals surface area (Å²) in [7, 11) is 1.30. The van der Waals surface area contributed by atoms with E-state index in [-0.39, 0.29) is 39.6 Å². The molecular formula is C15H10O5. The maximum atomic E-state index is 12.3. The van der Waals surface area contributed by atoms with Crippen molar-refractivity contribution in [3.63, 3.8) is 0 Å². The number of aromatic hydroxyl groups is 2. The molecule has 5 heteroatoms. The third-order valence-electron chi connectivity index (χ3n) is 3.28. The molecule has 3 rings (SSSR count). The van der Waals surface area contributed by atoms with Crippen molar-refractivity contribution in [1.82, 2.24) is 0 Å². The Hall–Kier alpha value is -2.82. The lowest BCUT2D eigenvalue weighted by Gasteiger charge is -2.17. The van der Waals surface area contributed by atoms with Crippen LogP contribution in [0.5, 0.6) is 11.5 Å². The Balaban J connectivity index is 2.43. The van der Waals surface area contributed by atoms with Gasteiger partial charge in [0.15, 0.2) is 11.5 Å². The number of methoxy groups -OCH3 is 1. The van der Waals surface area contributed by atoms with Gasteiger partial charge in [0.1, 0.15) is 11.5 Å². The number of hydrogen-bond acceptors (Lipinski definition) is 5. The van der Waals surface area contributed by atoms with Crippen LogP contribution in [0.4, 0.5) is 0 Å². The maximum absolute atomic E-state index is 12.3. The summed E-state index contributed by atoms with van der Waals surface area (Å²) in [5.41, 5.74) is 0.314. The molecule has 1 aliphatic carbocycles. The normalized spacial score (nSPS) is 14.2. The van der Waals surface area contributed by atoms with Crippen LogP contribution in [-0.4, -0.2) is 28.9 Å². The Morgan fingerprint density at radius 3 is 2.55 bits per heavy atom. The minimum absolute atomic E-state index is 0.0672. The first-order valence-electron chi connectivity index (χ1n) is 5.86. The smallest absolute Gasteiger partial charge is 0.229 e. The summed E-state index contributed by atoms with van der Waals surface area (Å²) in [5, 5.41) is 20.2. The third kappa shape index (κ3) is 1.56. The van der Waals surface area contributed by atoms with Crippen LogP contribution in [0.15, 0.2) is 36.1 Å². The molecule has 2 N–H and O–H groups in total. The number of phenols is 2. The summed E-state index contributed by atoms with van der Waals surface area (Å²) < 4.78 is 4.90. The van der Waals surface area contributed by atoms with Crippen molar-refractivity contribution in [2.75, 3.05) is 7.11 Å². The molecule has 100 valence electrons. The quantitative estimate of drug-likeness (QED) is 0.829. The monoisotopic (exact) mass is 270 g/mol. The van der Waals surface area contributed by atoms with Crippen LogP contribution in [0.2, 0.25) is 0 Å². The molecule has 0 radical (unpaired) electrons. The summed E-state index contributed by atoms with van der Waals surface area (Å²) in [4.78, 5) is 24.3. The minimum Gasteiger partial charge on any atom is -0.508 e. The van der Waals surface area contributed by atoms with Crippen molar-refractivity contribution in [3.05, 3.63) is 47.2 Å². The van der Waals surface area contributed by atoms with E-state index in [2.05, 4.69) is 0 Å². The van der Waals surface area contributed by atoms with Gasteiger partial charge < -0.3 is 14.9 Å². The Kier molecular flexibility index (Phi) is 2.50. The molecule has 1 aliphatic rings. The molecular weight excluding hydrogens is 260 g/mol. The molecule has 0 atom stereocenters. The lowest BCUT2D eigenvalue weighted by Crippen LogP contribution is -2.18. The molecule has 5 nitrogen and oxygen atoms in total. The standard InChI is InChI=1S/C15H10O5/c1-20-12-6-10(17)9-3-2-7-4-8(16)5-11(18)13(7)14(9)15(12)19/h2-6,16,18H,1H3. The molecule has 0 saturated carbocycles. The maximum Gasteiger partial charge on any atom is 0.229 e. The predicted octanol–water partition coefficient (Wildman–Crippen LogP) is 2.16. The van der Waals surface area contributed by atoms with Gasteiger partial charge in [0.2, 0.25) is 5.78 Å². The Bertz CT molecular complexity index is 802. The second-order valence-corrected chi connectivity index (χ2v) is 4.46. The molecule has 0 bridgehead atoms. The topological polar surface area (TPSA) is 83.8 Å². The van der Waals surface area contributed by atoms with Gasteiger partial charge >= 0.3 is 0 Å². The molecule has 0 aromatic heterocycles. The largest absolute Gasteiger partial charge is 0.508 e. The SMILES string of the molecule is COC1=CC(=O)c2ccc3cc(O)cc(O)c3c2C1=O. The molecule has 0 heterocycles. The van der Waals surface area contributed by atoms with Crippen molar-refractivity contribution < 1.29 is 24.5 Å². The Morgan fingerprint density at radius 2 is 1.85 bits per heavy atom. The highest BCUT2D eigenvalue weighted by molar-refractivity contribution is 6.29. The van der Waals surface area contributed by atoms with E-state index in [0.29, 0.717) is 5.39 Å². The number of rotatable bonds is 1. The zero-order chi connectivity index (χ0) is 14.4. The Morgan fingerprint density at radius 1 is 1.10 bits per heavy atom. The molecule has 20 heavy (non-hydrogen) atoms. The highest BCUT2D eigenvalue weighted by Gasteiger charge is 2.29. The van der Waals surface area contributed by atoms with Gasteiger partial charge in [0.25, 0.3) is 0 Å². The fourth-order valence-electron chi connectivity index (χ4n) is 2.41. The number of hydrogen-bond donors (Lipinski definition) is 2. The molecule has 0 unspecified atom stereocenters. The lowest BCUT2D eigenvalue weighted by atomic mass is 9.88. The van der Waals surface area contributed by atoms with Gasteiger partial charge in [-0.3, -0.25) is 9.59 Å². The summed E-state index contributed by atoms with van der Waals surface area (Å²) in [6.07, 6.45) is 1.13. The van der Waals surface area contributed by atoms with E-state index < -0.39 is 5.78 Å². The van der Waals surface area contributed by atoms with Gasteiger partial charge in [0, 0.05) is 28.7 Å². The second-order valence-electron chi connectivity index (χ2n) is 4.46. The summed E-state index contributed by atoms with van der Waals surface area (Å²) in [6, 6.07) is 5.62. The van der Waals surface area contributed by atoms with Crippen molar-refractivity contribution in [1.29, 1.82) is 0 Å². The molecule has 2 aromatic carbocycles. The molecule has 0 fully saturated rings. The Labute approximate surface area is 113 Å². The van der Waals surface area contributed by atoms with Crippen LogP contribution in [0, 0.1) is 0 Å². The molecule has 0 aliphatic heterocycles. The highest BCUT2D eigenvalue weighted by atomic mass is 16.5. The van der Waals surface area contributed by atoms with E-state index >= 15 is 0 Å². The highest BCUT2D eigenvalue weighted by Crippen LogP contribution is 2.36. The van der Waals surface area contributed by atoms with E-state index in [1.807, 2.05) is 0 Å². The van der Waals surface area contributed by atoms with E-state index in [4.69, 9.17) is 4.74 Å². The second kappa shape index (κ2) is 4.09. The number of carbonyl (C=O) groups is 2. The van der Waals surface area contributed by atoms with Crippen LogP contribution in [0.1, 0.15) is 20.7 Å². The fraction of sp³-hybridized carbons (Fsp3) is 0.0667. The van der Waals surface area contributed by atoms with Gasteiger partial charge in [-0.05, 0) is 17.5 Å². The van der Waals surface area contributed by atoms with Gasteiger partial charge in [-0.15, -0.1) is 0 Å². The first-order valence-corrected chi connectivity index (χ1v) is 5.86. The number of benzene rings is 2. The van der Waals surface area contributed by atoms with Crippen molar-refractivity contribution in [2.24, 2.45) is 0 Å². The fourth-order valence-corrected chi connectivity index (χ4v) is 2.41. The van der Waals surface area contributed by atoms with Crippen molar-refractivity contribution >= 4 is 22.3 Å². The molecule has 0 saturated heterocycles. The number of fused-ring (bicyclic) bond motifs is 3.